The molecule has 22 heavy (non-hydrogen) atoms. The fourth-order valence-corrected chi connectivity index (χ4v) is 3.07. The van der Waals surface area contributed by atoms with E-state index in [1.54, 1.807) is 0 Å². The molecule has 0 spiro atoms. The molecule has 2 aromatic rings. The number of nitrogens with two attached hydrogens (primary N) is 1. The van der Waals surface area contributed by atoms with Crippen LogP contribution in [0.2, 0.25) is 0 Å². The number of amides is 2. The molecule has 4 heteroatoms. The molecule has 0 radical (unpaired) electrons. The van der Waals surface area contributed by atoms with Gasteiger partial charge in [-0.1, -0.05) is 55.5 Å². The Morgan fingerprint density at radius 2 is 1.55 bits per heavy atom. The van der Waals surface area contributed by atoms with Gasteiger partial charge in [-0.15, -0.1) is 0 Å². The van der Waals surface area contributed by atoms with Gasteiger partial charge in [0.2, 0.25) is 11.8 Å². The molecule has 0 heterocycles. The van der Waals surface area contributed by atoms with Crippen LogP contribution in [0.4, 0.5) is 0 Å². The smallest absolute Gasteiger partial charge is 0.239 e. The lowest BCUT2D eigenvalue weighted by molar-refractivity contribution is -0.127. The number of nitrogens with one attached hydrogen (secondary N) is 1. The first-order valence-electron chi connectivity index (χ1n) is 7.41. The average Bonchev–Trinajstić information content (AvgIpc) is 2.86. The highest BCUT2D eigenvalue weighted by molar-refractivity contribution is 5.98. The highest BCUT2D eigenvalue weighted by Crippen LogP contribution is 2.44. The fraction of sp³-hybridized carbons (Fsp3) is 0.222. The van der Waals surface area contributed by atoms with Crippen LogP contribution in [0, 0.1) is 0 Å². The third-order valence-electron chi connectivity index (χ3n) is 4.16. The first-order valence-corrected chi connectivity index (χ1v) is 7.41. The Bertz CT molecular complexity index is 694. The number of carbonyl (C=O) groups is 2. The van der Waals surface area contributed by atoms with E-state index in [4.69, 9.17) is 5.73 Å². The molecule has 2 amide bonds. The Balaban J connectivity index is 2.00. The van der Waals surface area contributed by atoms with Crippen LogP contribution in [-0.4, -0.2) is 17.9 Å². The Morgan fingerprint density at radius 3 is 2.00 bits per heavy atom. The van der Waals surface area contributed by atoms with Gasteiger partial charge in [0.25, 0.3) is 0 Å². The summed E-state index contributed by atoms with van der Waals surface area (Å²) in [6.07, 6.45) is 0.483. The fourth-order valence-electron chi connectivity index (χ4n) is 3.07. The quantitative estimate of drug-likeness (QED) is 0.907. The van der Waals surface area contributed by atoms with Crippen LogP contribution in [0.3, 0.4) is 0 Å². The molecule has 0 bridgehead atoms. The predicted octanol–water partition coefficient (Wildman–Crippen LogP) is 2.18. The Morgan fingerprint density at radius 1 is 1.05 bits per heavy atom. The summed E-state index contributed by atoms with van der Waals surface area (Å²) in [6.45, 7) is 1.83. The molecule has 112 valence electrons. The first kappa shape index (κ1) is 14.3. The van der Waals surface area contributed by atoms with Gasteiger partial charge >= 0.3 is 0 Å². The predicted molar refractivity (Wildman–Crippen MR) is 85.1 cm³/mol. The third-order valence-corrected chi connectivity index (χ3v) is 4.16. The maximum atomic E-state index is 12.7. The van der Waals surface area contributed by atoms with Gasteiger partial charge < -0.3 is 11.1 Å². The summed E-state index contributed by atoms with van der Waals surface area (Å²) >= 11 is 0. The van der Waals surface area contributed by atoms with E-state index < -0.39 is 11.9 Å². The van der Waals surface area contributed by atoms with Gasteiger partial charge in [-0.25, -0.2) is 0 Å². The zero-order valence-electron chi connectivity index (χ0n) is 12.4. The molecular weight excluding hydrogens is 276 g/mol. The van der Waals surface area contributed by atoms with Crippen molar-refractivity contribution in [2.45, 2.75) is 25.3 Å². The van der Waals surface area contributed by atoms with Crippen molar-refractivity contribution in [1.29, 1.82) is 0 Å². The van der Waals surface area contributed by atoms with Crippen LogP contribution in [0.5, 0.6) is 0 Å². The standard InChI is InChI=1S/C18H18N2O2/c1-2-15(17(19)21)20-18(22)16-13-9-5-3-7-11(13)12-8-4-6-10-14(12)16/h3-10,15-16H,2H2,1H3,(H2,19,21)(H,20,22)/t15-/m0/s1. The molecule has 4 nitrogen and oxygen atoms in total. The number of hydrogen-bond donors (Lipinski definition) is 2. The number of rotatable bonds is 4. The van der Waals surface area contributed by atoms with Crippen molar-refractivity contribution in [3.63, 3.8) is 0 Å². The van der Waals surface area contributed by atoms with Crippen LogP contribution in [0.15, 0.2) is 48.5 Å². The summed E-state index contributed by atoms with van der Waals surface area (Å²) in [4.78, 5) is 24.1. The lowest BCUT2D eigenvalue weighted by Gasteiger charge is -2.18. The zero-order valence-corrected chi connectivity index (χ0v) is 12.4. The van der Waals surface area contributed by atoms with Crippen molar-refractivity contribution in [3.8, 4) is 11.1 Å². The molecule has 2 aromatic carbocycles. The second kappa shape index (κ2) is 5.64. The number of primary amides is 1. The Kier molecular flexibility index (Phi) is 3.67. The number of fused-ring (bicyclic) bond motifs is 3. The van der Waals surface area contributed by atoms with Gasteiger partial charge in [0, 0.05) is 0 Å². The minimum Gasteiger partial charge on any atom is -0.368 e. The Hall–Kier alpha value is -2.62. The van der Waals surface area contributed by atoms with Crippen molar-refractivity contribution in [2.24, 2.45) is 5.73 Å². The van der Waals surface area contributed by atoms with Gasteiger partial charge in [0.15, 0.2) is 0 Å². The lowest BCUT2D eigenvalue weighted by Crippen LogP contribution is -2.45. The maximum absolute atomic E-state index is 12.7. The Labute approximate surface area is 129 Å². The normalized spacial score (nSPS) is 14.0. The lowest BCUT2D eigenvalue weighted by atomic mass is 9.95. The molecule has 0 fully saturated rings. The average molecular weight is 294 g/mol. The van der Waals surface area contributed by atoms with E-state index in [0.29, 0.717) is 6.42 Å². The van der Waals surface area contributed by atoms with E-state index in [1.165, 1.54) is 0 Å². The second-order valence-electron chi connectivity index (χ2n) is 5.48. The van der Waals surface area contributed by atoms with Crippen LogP contribution in [0.1, 0.15) is 30.4 Å². The zero-order chi connectivity index (χ0) is 15.7. The molecule has 1 aliphatic rings. The monoisotopic (exact) mass is 294 g/mol. The SMILES string of the molecule is CC[C@H](NC(=O)C1c2ccccc2-c2ccccc21)C(N)=O. The van der Waals surface area contributed by atoms with Crippen molar-refractivity contribution in [3.05, 3.63) is 59.7 Å². The topological polar surface area (TPSA) is 72.2 Å². The summed E-state index contributed by atoms with van der Waals surface area (Å²) < 4.78 is 0. The molecule has 0 saturated heterocycles. The first-order chi connectivity index (χ1) is 10.6. The summed E-state index contributed by atoms with van der Waals surface area (Å²) in [5, 5.41) is 2.78. The third kappa shape index (κ3) is 2.26. The summed E-state index contributed by atoms with van der Waals surface area (Å²) in [6, 6.07) is 15.1. The van der Waals surface area contributed by atoms with Gasteiger partial charge in [-0.05, 0) is 28.7 Å². The van der Waals surface area contributed by atoms with Crippen LogP contribution >= 0.6 is 0 Å². The van der Waals surface area contributed by atoms with Gasteiger partial charge in [-0.2, -0.15) is 0 Å². The summed E-state index contributed by atoms with van der Waals surface area (Å²) in [5.41, 5.74) is 9.42. The van der Waals surface area contributed by atoms with E-state index in [1.807, 2.05) is 55.5 Å². The number of hydrogen-bond acceptors (Lipinski definition) is 2. The molecule has 0 aliphatic heterocycles. The van der Waals surface area contributed by atoms with Crippen LogP contribution in [0.25, 0.3) is 11.1 Å². The summed E-state index contributed by atoms with van der Waals surface area (Å²) in [7, 11) is 0. The molecule has 0 saturated carbocycles. The van der Waals surface area contributed by atoms with Gasteiger partial charge in [0.05, 0.1) is 5.92 Å². The highest BCUT2D eigenvalue weighted by Gasteiger charge is 2.34. The molecule has 0 aromatic heterocycles. The minimum absolute atomic E-state index is 0.178. The second-order valence-corrected chi connectivity index (χ2v) is 5.48. The van der Waals surface area contributed by atoms with E-state index in [9.17, 15) is 9.59 Å². The number of benzene rings is 2. The molecule has 3 rings (SSSR count). The highest BCUT2D eigenvalue weighted by atomic mass is 16.2. The van der Waals surface area contributed by atoms with Gasteiger partial charge in [-0.3, -0.25) is 9.59 Å². The van der Waals surface area contributed by atoms with Crippen molar-refractivity contribution in [1.82, 2.24) is 5.32 Å². The van der Waals surface area contributed by atoms with Crippen molar-refractivity contribution < 1.29 is 9.59 Å². The minimum atomic E-state index is -0.632. The summed E-state index contributed by atoms with van der Waals surface area (Å²) in [5.74, 6) is -1.07. The van der Waals surface area contributed by atoms with E-state index in [-0.39, 0.29) is 11.8 Å². The molecular formula is C18H18N2O2. The molecule has 1 aliphatic carbocycles. The maximum Gasteiger partial charge on any atom is 0.239 e. The largest absolute Gasteiger partial charge is 0.368 e. The molecule has 1 atom stereocenters. The van der Waals surface area contributed by atoms with Crippen molar-refractivity contribution >= 4 is 11.8 Å². The molecule has 0 unspecified atom stereocenters. The van der Waals surface area contributed by atoms with E-state index >= 15 is 0 Å². The van der Waals surface area contributed by atoms with E-state index in [0.717, 1.165) is 22.3 Å². The van der Waals surface area contributed by atoms with Crippen LogP contribution < -0.4 is 11.1 Å². The number of carbonyl (C=O) groups excluding carboxylic acids is 2. The molecule has 3 N–H and O–H groups in total. The van der Waals surface area contributed by atoms with Gasteiger partial charge in [0.1, 0.15) is 6.04 Å². The van der Waals surface area contributed by atoms with E-state index in [2.05, 4.69) is 5.32 Å². The van der Waals surface area contributed by atoms with Crippen LogP contribution in [-0.2, 0) is 9.59 Å². The van der Waals surface area contributed by atoms with Crippen molar-refractivity contribution in [2.75, 3.05) is 0 Å².